The van der Waals surface area contributed by atoms with Crippen LogP contribution in [0.4, 0.5) is 0 Å². The smallest absolute Gasteiger partial charge is 0.310 e. The first kappa shape index (κ1) is 23.4. The Morgan fingerprint density at radius 2 is 2.19 bits per heavy atom. The highest BCUT2D eigenvalue weighted by atomic mass is 127. The molecular formula is C18H35IN4O3. The minimum Gasteiger partial charge on any atom is -0.466 e. The molecule has 3 unspecified atom stereocenters. The predicted octanol–water partition coefficient (Wildman–Crippen LogP) is 1.56. The summed E-state index contributed by atoms with van der Waals surface area (Å²) in [6.07, 6.45) is 1.88. The van der Waals surface area contributed by atoms with Gasteiger partial charge in [0.2, 0.25) is 0 Å². The number of guanidine groups is 1. The highest BCUT2D eigenvalue weighted by Gasteiger charge is 2.29. The summed E-state index contributed by atoms with van der Waals surface area (Å²) in [5.41, 5.74) is 0. The van der Waals surface area contributed by atoms with Crippen LogP contribution in [0.25, 0.3) is 0 Å². The zero-order valence-corrected chi connectivity index (χ0v) is 18.9. The number of hydrogen-bond donors (Lipinski definition) is 1. The molecule has 2 aliphatic heterocycles. The number of ether oxygens (including phenoxy) is 2. The monoisotopic (exact) mass is 482 g/mol. The van der Waals surface area contributed by atoms with Gasteiger partial charge >= 0.3 is 5.97 Å². The van der Waals surface area contributed by atoms with E-state index in [1.807, 2.05) is 6.92 Å². The molecule has 2 aliphatic rings. The number of likely N-dealkylation sites (tertiary alicyclic amines) is 1. The van der Waals surface area contributed by atoms with E-state index in [-0.39, 0.29) is 35.9 Å². The Labute approximate surface area is 174 Å². The molecule has 2 fully saturated rings. The van der Waals surface area contributed by atoms with Crippen LogP contribution in [-0.2, 0) is 14.3 Å². The van der Waals surface area contributed by atoms with Crippen LogP contribution in [0.3, 0.4) is 0 Å². The van der Waals surface area contributed by atoms with Gasteiger partial charge in [0.25, 0.3) is 0 Å². The lowest BCUT2D eigenvalue weighted by Crippen LogP contribution is -2.54. The van der Waals surface area contributed by atoms with E-state index in [1.165, 1.54) is 0 Å². The molecule has 0 spiro atoms. The Hall–Kier alpha value is -0.610. The van der Waals surface area contributed by atoms with E-state index in [1.54, 1.807) is 7.05 Å². The van der Waals surface area contributed by atoms with Crippen molar-refractivity contribution in [3.63, 3.8) is 0 Å². The molecule has 8 heteroatoms. The molecule has 2 saturated heterocycles. The number of carbonyl (C=O) groups excluding carboxylic acids is 1. The number of rotatable bonds is 5. The Kier molecular flexibility index (Phi) is 10.8. The van der Waals surface area contributed by atoms with Gasteiger partial charge in [0.05, 0.1) is 25.7 Å². The first-order valence-electron chi connectivity index (χ1n) is 9.52. The van der Waals surface area contributed by atoms with Crippen molar-refractivity contribution < 1.29 is 14.3 Å². The number of nitrogens with zero attached hydrogens (tertiary/aromatic N) is 3. The van der Waals surface area contributed by atoms with Gasteiger partial charge in [0, 0.05) is 45.3 Å². The first-order valence-corrected chi connectivity index (χ1v) is 9.52. The number of hydrogen-bond acceptors (Lipinski definition) is 5. The van der Waals surface area contributed by atoms with Crippen molar-refractivity contribution in [2.24, 2.45) is 10.9 Å². The van der Waals surface area contributed by atoms with E-state index >= 15 is 0 Å². The molecule has 0 aromatic heterocycles. The number of esters is 1. The standard InChI is InChI=1S/C18H34N4O3.HI/c1-5-25-17(23)16-7-6-8-21(12-16)18(19-4)20-11-14(2)22-9-10-24-13-15(22)3;/h14-16H,5-13H2,1-4H3,(H,19,20);1H. The van der Waals surface area contributed by atoms with Gasteiger partial charge in [-0.15, -0.1) is 24.0 Å². The van der Waals surface area contributed by atoms with Crippen molar-refractivity contribution in [3.8, 4) is 0 Å². The number of aliphatic imine (C=N–C) groups is 1. The third kappa shape index (κ3) is 6.53. The maximum absolute atomic E-state index is 12.0. The summed E-state index contributed by atoms with van der Waals surface area (Å²) in [6.45, 7) is 11.8. The third-order valence-corrected chi connectivity index (χ3v) is 5.09. The molecule has 0 amide bonds. The van der Waals surface area contributed by atoms with Gasteiger partial charge in [-0.2, -0.15) is 0 Å². The number of halogens is 1. The minimum absolute atomic E-state index is 0. The second-order valence-electron chi connectivity index (χ2n) is 6.98. The summed E-state index contributed by atoms with van der Waals surface area (Å²) >= 11 is 0. The van der Waals surface area contributed by atoms with E-state index in [4.69, 9.17) is 9.47 Å². The summed E-state index contributed by atoms with van der Waals surface area (Å²) in [6, 6.07) is 0.844. The maximum atomic E-state index is 12.0. The van der Waals surface area contributed by atoms with Crippen molar-refractivity contribution in [2.45, 2.75) is 45.7 Å². The Morgan fingerprint density at radius 1 is 1.42 bits per heavy atom. The van der Waals surface area contributed by atoms with E-state index in [9.17, 15) is 4.79 Å². The van der Waals surface area contributed by atoms with Crippen LogP contribution in [0.5, 0.6) is 0 Å². The first-order chi connectivity index (χ1) is 12.1. The van der Waals surface area contributed by atoms with Crippen LogP contribution in [0.2, 0.25) is 0 Å². The van der Waals surface area contributed by atoms with Crippen LogP contribution >= 0.6 is 24.0 Å². The van der Waals surface area contributed by atoms with E-state index in [0.29, 0.717) is 25.2 Å². The van der Waals surface area contributed by atoms with Gasteiger partial charge < -0.3 is 19.7 Å². The van der Waals surface area contributed by atoms with Crippen molar-refractivity contribution in [2.75, 3.05) is 53.0 Å². The summed E-state index contributed by atoms with van der Waals surface area (Å²) in [7, 11) is 1.80. The second kappa shape index (κ2) is 12.0. The molecule has 2 rings (SSSR count). The quantitative estimate of drug-likeness (QED) is 0.278. The molecule has 3 atom stereocenters. The number of morpholine rings is 1. The van der Waals surface area contributed by atoms with Crippen molar-refractivity contribution >= 4 is 35.9 Å². The van der Waals surface area contributed by atoms with E-state index in [2.05, 4.69) is 34.0 Å². The average Bonchev–Trinajstić information content (AvgIpc) is 2.63. The van der Waals surface area contributed by atoms with Gasteiger partial charge in [-0.25, -0.2) is 0 Å². The largest absolute Gasteiger partial charge is 0.466 e. The SMILES string of the molecule is CCOC(=O)C1CCCN(C(=NC)NCC(C)N2CCOCC2C)C1.I. The molecular weight excluding hydrogens is 447 g/mol. The fourth-order valence-electron chi connectivity index (χ4n) is 3.71. The lowest BCUT2D eigenvalue weighted by molar-refractivity contribution is -0.149. The topological polar surface area (TPSA) is 66.4 Å². The molecule has 152 valence electrons. The zero-order valence-electron chi connectivity index (χ0n) is 16.6. The molecule has 0 bridgehead atoms. The molecule has 7 nitrogen and oxygen atoms in total. The summed E-state index contributed by atoms with van der Waals surface area (Å²) < 4.78 is 10.7. The molecule has 2 heterocycles. The number of piperidine rings is 1. The van der Waals surface area contributed by atoms with Crippen LogP contribution in [0.1, 0.15) is 33.6 Å². The zero-order chi connectivity index (χ0) is 18.2. The minimum atomic E-state index is -0.0850. The van der Waals surface area contributed by atoms with Gasteiger partial charge in [-0.05, 0) is 33.6 Å². The highest BCUT2D eigenvalue weighted by Crippen LogP contribution is 2.18. The van der Waals surface area contributed by atoms with Gasteiger partial charge in [-0.3, -0.25) is 14.7 Å². The molecule has 26 heavy (non-hydrogen) atoms. The summed E-state index contributed by atoms with van der Waals surface area (Å²) in [5.74, 6) is 0.740. The molecule has 0 saturated carbocycles. The molecule has 0 aliphatic carbocycles. The highest BCUT2D eigenvalue weighted by molar-refractivity contribution is 14.0. The van der Waals surface area contributed by atoms with Crippen molar-refractivity contribution in [1.82, 2.24) is 15.1 Å². The van der Waals surface area contributed by atoms with E-state index < -0.39 is 0 Å². The Bertz CT molecular complexity index is 464. The Balaban J connectivity index is 0.00000338. The number of carbonyl (C=O) groups is 1. The van der Waals surface area contributed by atoms with Gasteiger partial charge in [0.1, 0.15) is 0 Å². The van der Waals surface area contributed by atoms with Gasteiger partial charge in [-0.1, -0.05) is 0 Å². The number of nitrogens with one attached hydrogen (secondary N) is 1. The molecule has 1 N–H and O–H groups in total. The normalized spacial score (nSPS) is 26.0. The third-order valence-electron chi connectivity index (χ3n) is 5.09. The molecule has 0 aromatic rings. The molecule has 0 radical (unpaired) electrons. The van der Waals surface area contributed by atoms with Crippen LogP contribution in [0.15, 0.2) is 4.99 Å². The van der Waals surface area contributed by atoms with Crippen LogP contribution in [-0.4, -0.2) is 86.9 Å². The fourth-order valence-corrected chi connectivity index (χ4v) is 3.71. The van der Waals surface area contributed by atoms with Crippen molar-refractivity contribution in [1.29, 1.82) is 0 Å². The second-order valence-corrected chi connectivity index (χ2v) is 6.98. The van der Waals surface area contributed by atoms with E-state index in [0.717, 1.165) is 51.6 Å². The van der Waals surface area contributed by atoms with Gasteiger partial charge in [0.15, 0.2) is 5.96 Å². The summed E-state index contributed by atoms with van der Waals surface area (Å²) in [5, 5.41) is 3.49. The summed E-state index contributed by atoms with van der Waals surface area (Å²) in [4.78, 5) is 21.1. The average molecular weight is 482 g/mol. The lowest BCUT2D eigenvalue weighted by atomic mass is 9.98. The predicted molar refractivity (Wildman–Crippen MR) is 114 cm³/mol. The lowest BCUT2D eigenvalue weighted by Gasteiger charge is -2.39. The van der Waals surface area contributed by atoms with Crippen LogP contribution < -0.4 is 5.32 Å². The molecule has 0 aromatic carbocycles. The van der Waals surface area contributed by atoms with Crippen LogP contribution in [0, 0.1) is 5.92 Å². The maximum Gasteiger partial charge on any atom is 0.310 e. The Morgan fingerprint density at radius 3 is 2.85 bits per heavy atom. The fraction of sp³-hybridized carbons (Fsp3) is 0.889. The van der Waals surface area contributed by atoms with Crippen molar-refractivity contribution in [3.05, 3.63) is 0 Å².